The maximum atomic E-state index is 11.8. The van der Waals surface area contributed by atoms with Crippen LogP contribution in [-0.4, -0.2) is 50.3 Å². The Bertz CT molecular complexity index is 561. The summed E-state index contributed by atoms with van der Waals surface area (Å²) >= 11 is 0. The maximum Gasteiger partial charge on any atom is 0.409 e. The van der Waals surface area contributed by atoms with Gasteiger partial charge in [-0.05, 0) is 18.1 Å². The monoisotopic (exact) mass is 303 g/mol. The predicted octanol–water partition coefficient (Wildman–Crippen LogP) is 2.88. The van der Waals surface area contributed by atoms with Crippen molar-refractivity contribution in [3.8, 4) is 0 Å². The van der Waals surface area contributed by atoms with Crippen molar-refractivity contribution in [3.63, 3.8) is 0 Å². The molecular weight excluding hydrogens is 278 g/mol. The molecule has 0 saturated carbocycles. The zero-order valence-electron chi connectivity index (χ0n) is 13.6. The Kier molecular flexibility index (Phi) is 4.14. The second-order valence-electron chi connectivity index (χ2n) is 5.74. The van der Waals surface area contributed by atoms with Crippen molar-refractivity contribution in [2.24, 2.45) is 0 Å². The Morgan fingerprint density at radius 2 is 2.14 bits per heavy atom. The van der Waals surface area contributed by atoms with E-state index in [-0.39, 0.29) is 6.09 Å². The molecule has 0 spiro atoms. The summed E-state index contributed by atoms with van der Waals surface area (Å²) in [6.07, 6.45) is 0.820. The normalized spacial score (nSPS) is 24.5. The molecule has 1 N–H and O–H groups in total. The molecule has 3 aliphatic rings. The minimum absolute atomic E-state index is 0.201. The van der Waals surface area contributed by atoms with Crippen LogP contribution in [0.4, 0.5) is 16.2 Å². The molecule has 4 rings (SSSR count). The molecule has 1 aromatic rings. The molecule has 3 heterocycles. The number of nitrogens with zero attached hydrogens (tertiary/aromatic N) is 2. The lowest BCUT2D eigenvalue weighted by Gasteiger charge is -2.39. The van der Waals surface area contributed by atoms with Crippen LogP contribution in [0.3, 0.4) is 0 Å². The lowest BCUT2D eigenvalue weighted by atomic mass is 9.89. The first-order valence-corrected chi connectivity index (χ1v) is 8.26. The number of nitrogens with one attached hydrogen (secondary N) is 1. The number of methoxy groups -OCH3 is 1. The highest BCUT2D eigenvalue weighted by molar-refractivity contribution is 5.80. The first kappa shape index (κ1) is 15.0. The van der Waals surface area contributed by atoms with Crippen molar-refractivity contribution >= 4 is 17.5 Å². The number of likely N-dealkylation sites (tertiary alicyclic amines) is 1. The highest BCUT2D eigenvalue weighted by Crippen LogP contribution is 2.49. The van der Waals surface area contributed by atoms with Crippen LogP contribution in [0, 0.1) is 0 Å². The first-order chi connectivity index (χ1) is 10.8. The van der Waals surface area contributed by atoms with Gasteiger partial charge < -0.3 is 19.9 Å². The topological polar surface area (TPSA) is 44.8 Å². The molecule has 0 aromatic heterocycles. The quantitative estimate of drug-likeness (QED) is 0.800. The molecule has 0 radical (unpaired) electrons. The lowest BCUT2D eigenvalue weighted by Crippen LogP contribution is -2.49. The molecule has 2 atom stereocenters. The van der Waals surface area contributed by atoms with E-state index in [2.05, 4.69) is 28.4 Å². The number of piperidine rings is 1. The number of benzene rings is 1. The van der Waals surface area contributed by atoms with Crippen LogP contribution in [0.15, 0.2) is 18.2 Å². The van der Waals surface area contributed by atoms with Gasteiger partial charge in [0, 0.05) is 38.1 Å². The number of carbonyl (C=O) groups is 1. The van der Waals surface area contributed by atoms with Crippen LogP contribution < -0.4 is 10.2 Å². The smallest absolute Gasteiger partial charge is 0.409 e. The van der Waals surface area contributed by atoms with E-state index >= 15 is 0 Å². The highest BCUT2D eigenvalue weighted by Gasteiger charge is 2.44. The largest absolute Gasteiger partial charge is 0.453 e. The molecule has 120 valence electrons. The summed E-state index contributed by atoms with van der Waals surface area (Å²) in [4.78, 5) is 16.2. The van der Waals surface area contributed by atoms with E-state index in [9.17, 15) is 4.79 Å². The Balaban J connectivity index is 0.000000693. The summed E-state index contributed by atoms with van der Waals surface area (Å²) in [5.74, 6) is 0.415. The van der Waals surface area contributed by atoms with E-state index in [1.165, 1.54) is 24.0 Å². The number of rotatable bonds is 0. The summed E-state index contributed by atoms with van der Waals surface area (Å²) < 4.78 is 4.88. The SMILES string of the molecule is CC.COC(=O)N1CCC2C(C1)c1cccc3c1N2CCN3. The third-order valence-electron chi connectivity index (χ3n) is 4.83. The minimum Gasteiger partial charge on any atom is -0.453 e. The Morgan fingerprint density at radius 3 is 2.91 bits per heavy atom. The van der Waals surface area contributed by atoms with E-state index in [4.69, 9.17) is 4.74 Å². The summed E-state index contributed by atoms with van der Waals surface area (Å²) in [6.45, 7) is 7.62. The molecule has 0 bridgehead atoms. The standard InChI is InChI=1S/C15H19N3O2.C2H6/c1-20-15(19)17-7-5-13-11(9-17)10-3-2-4-12-14(10)18(13)8-6-16-12;1-2/h2-4,11,13,16H,5-9H2,1H3;1-2H3. The van der Waals surface area contributed by atoms with Crippen LogP contribution in [0.1, 0.15) is 31.7 Å². The van der Waals surface area contributed by atoms with Crippen molar-refractivity contribution in [1.82, 2.24) is 4.90 Å². The van der Waals surface area contributed by atoms with Crippen LogP contribution >= 0.6 is 0 Å². The molecule has 0 aliphatic carbocycles. The number of carbonyl (C=O) groups excluding carboxylic acids is 1. The van der Waals surface area contributed by atoms with E-state index in [1.807, 2.05) is 18.7 Å². The summed E-state index contributed by atoms with van der Waals surface area (Å²) in [7, 11) is 1.46. The number of hydrogen-bond acceptors (Lipinski definition) is 4. The van der Waals surface area contributed by atoms with Crippen molar-refractivity contribution in [1.29, 1.82) is 0 Å². The molecule has 1 fully saturated rings. The average molecular weight is 303 g/mol. The number of hydrogen-bond donors (Lipinski definition) is 1. The van der Waals surface area contributed by atoms with Gasteiger partial charge in [0.1, 0.15) is 0 Å². The van der Waals surface area contributed by atoms with E-state index in [0.717, 1.165) is 32.6 Å². The van der Waals surface area contributed by atoms with Crippen LogP contribution in [0.2, 0.25) is 0 Å². The molecular formula is C17H25N3O2. The van der Waals surface area contributed by atoms with Gasteiger partial charge in [0.05, 0.1) is 18.5 Å². The van der Waals surface area contributed by atoms with Gasteiger partial charge in [0.2, 0.25) is 0 Å². The second kappa shape index (κ2) is 6.07. The van der Waals surface area contributed by atoms with Gasteiger partial charge in [-0.1, -0.05) is 26.0 Å². The fourth-order valence-electron chi connectivity index (χ4n) is 3.99. The Labute approximate surface area is 132 Å². The third-order valence-corrected chi connectivity index (χ3v) is 4.83. The van der Waals surface area contributed by atoms with Crippen molar-refractivity contribution < 1.29 is 9.53 Å². The zero-order valence-corrected chi connectivity index (χ0v) is 13.6. The van der Waals surface area contributed by atoms with Gasteiger partial charge >= 0.3 is 6.09 Å². The van der Waals surface area contributed by atoms with Gasteiger partial charge in [0.25, 0.3) is 0 Å². The van der Waals surface area contributed by atoms with E-state index < -0.39 is 0 Å². The van der Waals surface area contributed by atoms with Gasteiger partial charge in [-0.3, -0.25) is 0 Å². The third kappa shape index (κ3) is 2.19. The molecule has 1 saturated heterocycles. The maximum absolute atomic E-state index is 11.8. The number of para-hydroxylation sites is 1. The minimum atomic E-state index is -0.201. The summed E-state index contributed by atoms with van der Waals surface area (Å²) in [6, 6.07) is 7.02. The number of fused-ring (bicyclic) bond motifs is 3. The lowest BCUT2D eigenvalue weighted by molar-refractivity contribution is 0.108. The number of anilines is 2. The van der Waals surface area contributed by atoms with Crippen molar-refractivity contribution in [2.45, 2.75) is 32.2 Å². The van der Waals surface area contributed by atoms with Gasteiger partial charge in [0.15, 0.2) is 0 Å². The fourth-order valence-corrected chi connectivity index (χ4v) is 3.99. The Hall–Kier alpha value is -1.91. The highest BCUT2D eigenvalue weighted by atomic mass is 16.5. The fraction of sp³-hybridized carbons (Fsp3) is 0.588. The van der Waals surface area contributed by atoms with Crippen LogP contribution in [-0.2, 0) is 4.74 Å². The molecule has 3 aliphatic heterocycles. The van der Waals surface area contributed by atoms with Crippen LogP contribution in [0.5, 0.6) is 0 Å². The average Bonchev–Trinajstić information content (AvgIpc) is 2.92. The first-order valence-electron chi connectivity index (χ1n) is 8.26. The van der Waals surface area contributed by atoms with Gasteiger partial charge in [-0.2, -0.15) is 0 Å². The van der Waals surface area contributed by atoms with Crippen molar-refractivity contribution in [3.05, 3.63) is 23.8 Å². The second-order valence-corrected chi connectivity index (χ2v) is 5.74. The number of amides is 1. The van der Waals surface area contributed by atoms with Gasteiger partial charge in [-0.25, -0.2) is 4.79 Å². The molecule has 2 unspecified atom stereocenters. The summed E-state index contributed by atoms with van der Waals surface area (Å²) in [5.41, 5.74) is 3.99. The molecule has 5 nitrogen and oxygen atoms in total. The number of ether oxygens (including phenoxy) is 1. The van der Waals surface area contributed by atoms with E-state index in [1.54, 1.807) is 0 Å². The molecule has 22 heavy (non-hydrogen) atoms. The molecule has 5 heteroatoms. The Morgan fingerprint density at radius 1 is 1.32 bits per heavy atom. The zero-order chi connectivity index (χ0) is 15.7. The molecule has 1 aromatic carbocycles. The van der Waals surface area contributed by atoms with Gasteiger partial charge in [-0.15, -0.1) is 0 Å². The predicted molar refractivity (Wildman–Crippen MR) is 88.7 cm³/mol. The molecule has 1 amide bonds. The van der Waals surface area contributed by atoms with Crippen LogP contribution in [0.25, 0.3) is 0 Å². The van der Waals surface area contributed by atoms with E-state index in [0.29, 0.717) is 12.0 Å². The summed E-state index contributed by atoms with van der Waals surface area (Å²) in [5, 5.41) is 3.48. The van der Waals surface area contributed by atoms with Crippen molar-refractivity contribution in [2.75, 3.05) is 43.5 Å².